The number of ether oxygens (including phenoxy) is 1. The third kappa shape index (κ3) is 4.52. The standard InChI is InChI=1S/C21H27N3O4/c1-13-7-8-16-14(10-13)11-15(18(25)23-16)12-22-19(26)17-6-5-9-24(17)20(27)28-21(2,3)4/h7-8,10-11,17H,5-6,9,12H2,1-4H3,(H,22,26)(H,23,25). The monoisotopic (exact) mass is 385 g/mol. The molecular weight excluding hydrogens is 358 g/mol. The van der Waals surface area contributed by atoms with Crippen molar-refractivity contribution < 1.29 is 14.3 Å². The van der Waals surface area contributed by atoms with Crippen molar-refractivity contribution in [1.82, 2.24) is 15.2 Å². The van der Waals surface area contributed by atoms with Gasteiger partial charge in [-0.2, -0.15) is 0 Å². The van der Waals surface area contributed by atoms with Crippen LogP contribution in [0.25, 0.3) is 10.9 Å². The zero-order chi connectivity index (χ0) is 20.5. The predicted octanol–water partition coefficient (Wildman–Crippen LogP) is 2.85. The van der Waals surface area contributed by atoms with Crippen molar-refractivity contribution in [2.75, 3.05) is 6.54 Å². The molecule has 7 nitrogen and oxygen atoms in total. The maximum atomic E-state index is 12.7. The van der Waals surface area contributed by atoms with Crippen LogP contribution in [-0.4, -0.2) is 40.1 Å². The Kier molecular flexibility index (Phi) is 5.45. The molecule has 1 fully saturated rings. The van der Waals surface area contributed by atoms with E-state index in [9.17, 15) is 14.4 Å². The largest absolute Gasteiger partial charge is 0.444 e. The van der Waals surface area contributed by atoms with Gasteiger partial charge in [0, 0.05) is 24.2 Å². The summed E-state index contributed by atoms with van der Waals surface area (Å²) in [7, 11) is 0. The highest BCUT2D eigenvalue weighted by atomic mass is 16.6. The van der Waals surface area contributed by atoms with Crippen LogP contribution < -0.4 is 10.9 Å². The molecule has 0 spiro atoms. The Balaban J connectivity index is 1.69. The summed E-state index contributed by atoms with van der Waals surface area (Å²) in [5.74, 6) is -0.271. The first-order valence-electron chi connectivity index (χ1n) is 9.54. The van der Waals surface area contributed by atoms with Crippen LogP contribution in [0.5, 0.6) is 0 Å². The summed E-state index contributed by atoms with van der Waals surface area (Å²) in [6.45, 7) is 7.97. The second-order valence-corrected chi connectivity index (χ2v) is 8.26. The van der Waals surface area contributed by atoms with Gasteiger partial charge in [-0.1, -0.05) is 11.6 Å². The molecule has 2 N–H and O–H groups in total. The molecule has 1 aromatic carbocycles. The average Bonchev–Trinajstić information content (AvgIpc) is 3.08. The van der Waals surface area contributed by atoms with E-state index in [4.69, 9.17) is 4.74 Å². The molecule has 2 aromatic rings. The molecule has 2 heterocycles. The third-order valence-corrected chi connectivity index (χ3v) is 4.71. The lowest BCUT2D eigenvalue weighted by molar-refractivity contribution is -0.125. The van der Waals surface area contributed by atoms with Crippen LogP contribution >= 0.6 is 0 Å². The summed E-state index contributed by atoms with van der Waals surface area (Å²) in [5.41, 5.74) is 1.49. The minimum Gasteiger partial charge on any atom is -0.444 e. The molecule has 7 heteroatoms. The van der Waals surface area contributed by atoms with Gasteiger partial charge in [-0.25, -0.2) is 4.79 Å². The van der Waals surface area contributed by atoms with E-state index < -0.39 is 17.7 Å². The molecule has 1 atom stereocenters. The number of nitrogens with one attached hydrogen (secondary N) is 2. The van der Waals surface area contributed by atoms with Gasteiger partial charge >= 0.3 is 6.09 Å². The number of aryl methyl sites for hydroxylation is 1. The summed E-state index contributed by atoms with van der Waals surface area (Å²) in [6.07, 6.45) is 0.843. The predicted molar refractivity (Wildman–Crippen MR) is 107 cm³/mol. The van der Waals surface area contributed by atoms with E-state index in [1.165, 1.54) is 4.90 Å². The third-order valence-electron chi connectivity index (χ3n) is 4.71. The minimum absolute atomic E-state index is 0.108. The molecule has 2 amide bonds. The number of likely N-dealkylation sites (tertiary alicyclic amines) is 1. The molecule has 0 aliphatic carbocycles. The van der Waals surface area contributed by atoms with Crippen molar-refractivity contribution in [2.24, 2.45) is 0 Å². The van der Waals surface area contributed by atoms with E-state index in [-0.39, 0.29) is 18.0 Å². The van der Waals surface area contributed by atoms with E-state index in [0.717, 1.165) is 22.9 Å². The van der Waals surface area contributed by atoms with Gasteiger partial charge in [-0.3, -0.25) is 14.5 Å². The van der Waals surface area contributed by atoms with E-state index in [1.807, 2.05) is 25.1 Å². The maximum Gasteiger partial charge on any atom is 0.410 e. The molecule has 0 saturated carbocycles. The molecule has 1 saturated heterocycles. The SMILES string of the molecule is Cc1ccc2[nH]c(=O)c(CNC(=O)C3CCCN3C(=O)OC(C)(C)C)cc2c1. The Hall–Kier alpha value is -2.83. The summed E-state index contributed by atoms with van der Waals surface area (Å²) in [5, 5.41) is 3.72. The molecule has 1 aromatic heterocycles. The Bertz CT molecular complexity index is 958. The van der Waals surface area contributed by atoms with Crippen LogP contribution in [0, 0.1) is 6.92 Å². The average molecular weight is 385 g/mol. The number of rotatable bonds is 3. The fourth-order valence-corrected chi connectivity index (χ4v) is 3.38. The number of aromatic nitrogens is 1. The van der Waals surface area contributed by atoms with Gasteiger partial charge in [0.2, 0.25) is 5.91 Å². The van der Waals surface area contributed by atoms with Gasteiger partial charge in [0.15, 0.2) is 0 Å². The van der Waals surface area contributed by atoms with Crippen LogP contribution in [0.1, 0.15) is 44.7 Å². The van der Waals surface area contributed by atoms with Crippen LogP contribution in [-0.2, 0) is 16.1 Å². The number of H-pyrrole nitrogens is 1. The second-order valence-electron chi connectivity index (χ2n) is 8.26. The topological polar surface area (TPSA) is 91.5 Å². The lowest BCUT2D eigenvalue weighted by Gasteiger charge is -2.28. The highest BCUT2D eigenvalue weighted by molar-refractivity contribution is 5.86. The van der Waals surface area contributed by atoms with E-state index in [1.54, 1.807) is 26.8 Å². The second kappa shape index (κ2) is 7.66. The van der Waals surface area contributed by atoms with Crippen LogP contribution in [0.4, 0.5) is 4.79 Å². The first-order chi connectivity index (χ1) is 13.1. The summed E-state index contributed by atoms with van der Waals surface area (Å²) in [4.78, 5) is 41.6. The first kappa shape index (κ1) is 19.9. The molecule has 1 aliphatic heterocycles. The lowest BCUT2D eigenvalue weighted by atomic mass is 10.1. The van der Waals surface area contributed by atoms with Crippen molar-refractivity contribution in [2.45, 2.75) is 58.7 Å². The number of carbonyl (C=O) groups is 2. The van der Waals surface area contributed by atoms with Crippen molar-refractivity contribution in [1.29, 1.82) is 0 Å². The molecule has 150 valence electrons. The highest BCUT2D eigenvalue weighted by Crippen LogP contribution is 2.21. The smallest absolute Gasteiger partial charge is 0.410 e. The number of aromatic amines is 1. The number of benzene rings is 1. The van der Waals surface area contributed by atoms with Crippen molar-refractivity contribution >= 4 is 22.9 Å². The first-order valence-corrected chi connectivity index (χ1v) is 9.54. The fraction of sp³-hybridized carbons (Fsp3) is 0.476. The van der Waals surface area contributed by atoms with Gasteiger partial charge < -0.3 is 15.0 Å². The van der Waals surface area contributed by atoms with Gasteiger partial charge in [-0.15, -0.1) is 0 Å². The number of carbonyl (C=O) groups excluding carboxylic acids is 2. The number of pyridine rings is 1. The quantitative estimate of drug-likeness (QED) is 0.850. The van der Waals surface area contributed by atoms with Gasteiger partial charge in [0.25, 0.3) is 5.56 Å². The Morgan fingerprint density at radius 3 is 2.75 bits per heavy atom. The molecule has 1 unspecified atom stereocenters. The van der Waals surface area contributed by atoms with Gasteiger partial charge in [0.1, 0.15) is 11.6 Å². The maximum absolute atomic E-state index is 12.7. The van der Waals surface area contributed by atoms with Crippen LogP contribution in [0.15, 0.2) is 29.1 Å². The number of hydrogen-bond acceptors (Lipinski definition) is 4. The Morgan fingerprint density at radius 1 is 1.29 bits per heavy atom. The fourth-order valence-electron chi connectivity index (χ4n) is 3.38. The van der Waals surface area contributed by atoms with Gasteiger partial charge in [0.05, 0.1) is 0 Å². The molecular formula is C21H27N3O4. The number of nitrogens with zero attached hydrogens (tertiary/aromatic N) is 1. The van der Waals surface area contributed by atoms with Crippen molar-refractivity contribution in [3.05, 3.63) is 45.7 Å². The number of hydrogen-bond donors (Lipinski definition) is 2. The number of fused-ring (bicyclic) bond motifs is 1. The lowest BCUT2D eigenvalue weighted by Crippen LogP contribution is -2.47. The molecule has 1 aliphatic rings. The van der Waals surface area contributed by atoms with E-state index >= 15 is 0 Å². The zero-order valence-electron chi connectivity index (χ0n) is 16.8. The molecule has 28 heavy (non-hydrogen) atoms. The van der Waals surface area contributed by atoms with Crippen LogP contribution in [0.2, 0.25) is 0 Å². The normalized spacial score (nSPS) is 17.0. The summed E-state index contributed by atoms with van der Waals surface area (Å²) in [6, 6.07) is 7.01. The summed E-state index contributed by atoms with van der Waals surface area (Å²) < 4.78 is 5.40. The van der Waals surface area contributed by atoms with Crippen molar-refractivity contribution in [3.63, 3.8) is 0 Å². The van der Waals surface area contributed by atoms with Crippen molar-refractivity contribution in [3.8, 4) is 0 Å². The Labute approximate surface area is 164 Å². The molecule has 0 bridgehead atoms. The number of amides is 2. The summed E-state index contributed by atoms with van der Waals surface area (Å²) >= 11 is 0. The minimum atomic E-state index is -0.614. The molecule has 3 rings (SSSR count). The Morgan fingerprint density at radius 2 is 2.04 bits per heavy atom. The van der Waals surface area contributed by atoms with Crippen LogP contribution in [0.3, 0.4) is 0 Å². The van der Waals surface area contributed by atoms with E-state index in [0.29, 0.717) is 18.5 Å². The zero-order valence-corrected chi connectivity index (χ0v) is 16.8. The highest BCUT2D eigenvalue weighted by Gasteiger charge is 2.36. The molecule has 0 radical (unpaired) electrons. The van der Waals surface area contributed by atoms with E-state index in [2.05, 4.69) is 10.3 Å². The van der Waals surface area contributed by atoms with Gasteiger partial charge in [-0.05, 0) is 64.1 Å².